The second kappa shape index (κ2) is 7.46. The van der Waals surface area contributed by atoms with Crippen LogP contribution in [0.15, 0.2) is 6.33 Å². The summed E-state index contributed by atoms with van der Waals surface area (Å²) in [6, 6.07) is 0. The molecule has 1 aromatic heterocycles. The van der Waals surface area contributed by atoms with E-state index in [1.54, 1.807) is 6.33 Å². The summed E-state index contributed by atoms with van der Waals surface area (Å²) in [5.74, 6) is 3.55. The van der Waals surface area contributed by atoms with E-state index in [-0.39, 0.29) is 0 Å². The molecule has 0 bridgehead atoms. The summed E-state index contributed by atoms with van der Waals surface area (Å²) < 4.78 is 0. The maximum absolute atomic E-state index is 4.39. The molecule has 112 valence electrons. The summed E-state index contributed by atoms with van der Waals surface area (Å²) >= 11 is 0. The summed E-state index contributed by atoms with van der Waals surface area (Å²) in [4.78, 5) is 8.72. The predicted molar refractivity (Wildman–Crippen MR) is 85.2 cm³/mol. The molecule has 1 aliphatic rings. The molecule has 0 aromatic carbocycles. The van der Waals surface area contributed by atoms with Crippen LogP contribution < -0.4 is 10.6 Å². The zero-order chi connectivity index (χ0) is 14.4. The van der Waals surface area contributed by atoms with Crippen LogP contribution in [-0.2, 0) is 0 Å². The molecule has 0 spiro atoms. The molecule has 1 aromatic rings. The number of nitrogens with one attached hydrogen (secondary N) is 2. The second-order valence-corrected chi connectivity index (χ2v) is 6.03. The lowest BCUT2D eigenvalue weighted by Crippen LogP contribution is -2.25. The maximum Gasteiger partial charge on any atom is 0.134 e. The Kier molecular flexibility index (Phi) is 5.62. The molecule has 0 aliphatic heterocycles. The highest BCUT2D eigenvalue weighted by Crippen LogP contribution is 2.30. The number of hydrogen-bond donors (Lipinski definition) is 2. The molecule has 4 nitrogen and oxygen atoms in total. The second-order valence-electron chi connectivity index (χ2n) is 6.03. The van der Waals surface area contributed by atoms with Crippen molar-refractivity contribution >= 4 is 11.6 Å². The van der Waals surface area contributed by atoms with Crippen molar-refractivity contribution in [2.75, 3.05) is 23.7 Å². The van der Waals surface area contributed by atoms with Gasteiger partial charge in [0.2, 0.25) is 0 Å². The average molecular weight is 276 g/mol. The van der Waals surface area contributed by atoms with Crippen molar-refractivity contribution < 1.29 is 0 Å². The van der Waals surface area contributed by atoms with Gasteiger partial charge in [0.25, 0.3) is 0 Å². The fourth-order valence-electron chi connectivity index (χ4n) is 2.97. The monoisotopic (exact) mass is 276 g/mol. The Morgan fingerprint density at radius 2 is 1.85 bits per heavy atom. The molecule has 4 heteroatoms. The number of aromatic nitrogens is 2. The standard InChI is InChI=1S/C16H28N4/c1-4-9-17-15-13(3)16(20-11-19-15)18-10-14-8-6-5-7-12(14)2/h11-12,14H,4-10H2,1-3H3,(H2,17,18,19,20). The Morgan fingerprint density at radius 1 is 1.15 bits per heavy atom. The molecule has 20 heavy (non-hydrogen) atoms. The van der Waals surface area contributed by atoms with Gasteiger partial charge >= 0.3 is 0 Å². The first-order chi connectivity index (χ1) is 9.72. The lowest BCUT2D eigenvalue weighted by atomic mass is 9.80. The van der Waals surface area contributed by atoms with Gasteiger partial charge in [-0.15, -0.1) is 0 Å². The quantitative estimate of drug-likeness (QED) is 0.828. The van der Waals surface area contributed by atoms with Crippen molar-refractivity contribution in [3.8, 4) is 0 Å². The van der Waals surface area contributed by atoms with Gasteiger partial charge < -0.3 is 10.6 Å². The van der Waals surface area contributed by atoms with E-state index in [0.29, 0.717) is 0 Å². The predicted octanol–water partition coefficient (Wildman–Crippen LogP) is 3.85. The Hall–Kier alpha value is -1.32. The molecule has 0 radical (unpaired) electrons. The summed E-state index contributed by atoms with van der Waals surface area (Å²) in [5.41, 5.74) is 1.13. The summed E-state index contributed by atoms with van der Waals surface area (Å²) in [7, 11) is 0. The van der Waals surface area contributed by atoms with Gasteiger partial charge in [-0.05, 0) is 31.6 Å². The third kappa shape index (κ3) is 3.84. The molecule has 2 atom stereocenters. The van der Waals surface area contributed by atoms with Crippen LogP contribution in [0, 0.1) is 18.8 Å². The molecule has 1 fully saturated rings. The van der Waals surface area contributed by atoms with Crippen LogP contribution in [0.4, 0.5) is 11.6 Å². The van der Waals surface area contributed by atoms with Gasteiger partial charge in [-0.2, -0.15) is 0 Å². The average Bonchev–Trinajstić information content (AvgIpc) is 2.46. The van der Waals surface area contributed by atoms with Gasteiger partial charge in [0, 0.05) is 18.7 Å². The van der Waals surface area contributed by atoms with Crippen molar-refractivity contribution in [3.05, 3.63) is 11.9 Å². The van der Waals surface area contributed by atoms with Crippen LogP contribution >= 0.6 is 0 Å². The van der Waals surface area contributed by atoms with Crippen molar-refractivity contribution in [1.29, 1.82) is 0 Å². The highest BCUT2D eigenvalue weighted by molar-refractivity contribution is 5.56. The Bertz CT molecular complexity index is 419. The fourth-order valence-corrected chi connectivity index (χ4v) is 2.97. The first kappa shape index (κ1) is 15.1. The van der Waals surface area contributed by atoms with Crippen molar-refractivity contribution in [2.45, 2.75) is 52.9 Å². The molecule has 2 N–H and O–H groups in total. The van der Waals surface area contributed by atoms with Gasteiger partial charge in [-0.25, -0.2) is 9.97 Å². The van der Waals surface area contributed by atoms with E-state index in [4.69, 9.17) is 0 Å². The molecule has 0 amide bonds. The first-order valence-corrected chi connectivity index (χ1v) is 8.01. The van der Waals surface area contributed by atoms with Crippen LogP contribution in [-0.4, -0.2) is 23.1 Å². The largest absolute Gasteiger partial charge is 0.370 e. The van der Waals surface area contributed by atoms with E-state index >= 15 is 0 Å². The minimum atomic E-state index is 0.783. The summed E-state index contributed by atoms with van der Waals surface area (Å²) in [5, 5.41) is 6.90. The van der Waals surface area contributed by atoms with Gasteiger partial charge in [0.15, 0.2) is 0 Å². The SMILES string of the molecule is CCCNc1ncnc(NCC2CCCCC2C)c1C. The van der Waals surface area contributed by atoms with Gasteiger partial charge in [-0.1, -0.05) is 33.1 Å². The zero-order valence-electron chi connectivity index (χ0n) is 13.1. The highest BCUT2D eigenvalue weighted by atomic mass is 15.1. The van der Waals surface area contributed by atoms with E-state index in [0.717, 1.165) is 48.5 Å². The molecule has 2 unspecified atom stereocenters. The minimum Gasteiger partial charge on any atom is -0.370 e. The third-order valence-corrected chi connectivity index (χ3v) is 4.45. The van der Waals surface area contributed by atoms with Gasteiger partial charge in [0.1, 0.15) is 18.0 Å². The maximum atomic E-state index is 4.39. The Balaban J connectivity index is 1.95. The fraction of sp³-hybridized carbons (Fsp3) is 0.750. The van der Waals surface area contributed by atoms with Crippen LogP contribution in [0.1, 0.15) is 51.5 Å². The lowest BCUT2D eigenvalue weighted by molar-refractivity contribution is 0.268. The summed E-state index contributed by atoms with van der Waals surface area (Å²) in [6.45, 7) is 8.62. The molecular weight excluding hydrogens is 248 g/mol. The lowest BCUT2D eigenvalue weighted by Gasteiger charge is -2.29. The van der Waals surface area contributed by atoms with E-state index in [2.05, 4.69) is 41.4 Å². The molecule has 1 aliphatic carbocycles. The van der Waals surface area contributed by atoms with Crippen LogP contribution in [0.3, 0.4) is 0 Å². The van der Waals surface area contributed by atoms with Gasteiger partial charge in [0.05, 0.1) is 0 Å². The van der Waals surface area contributed by atoms with Crippen LogP contribution in [0.25, 0.3) is 0 Å². The number of rotatable bonds is 6. The van der Waals surface area contributed by atoms with Crippen molar-refractivity contribution in [2.24, 2.45) is 11.8 Å². The minimum absolute atomic E-state index is 0.783. The Labute approximate surface area is 122 Å². The first-order valence-electron chi connectivity index (χ1n) is 8.01. The van der Waals surface area contributed by atoms with Crippen LogP contribution in [0.5, 0.6) is 0 Å². The van der Waals surface area contributed by atoms with Crippen molar-refractivity contribution in [3.63, 3.8) is 0 Å². The van der Waals surface area contributed by atoms with E-state index in [1.807, 2.05) is 0 Å². The third-order valence-electron chi connectivity index (χ3n) is 4.45. The smallest absolute Gasteiger partial charge is 0.134 e. The van der Waals surface area contributed by atoms with Gasteiger partial charge in [-0.3, -0.25) is 0 Å². The van der Waals surface area contributed by atoms with E-state index in [1.165, 1.54) is 25.7 Å². The molecule has 2 rings (SSSR count). The zero-order valence-corrected chi connectivity index (χ0v) is 13.1. The summed E-state index contributed by atoms with van der Waals surface area (Å²) in [6.07, 6.45) is 8.25. The normalized spacial score (nSPS) is 22.6. The van der Waals surface area contributed by atoms with E-state index in [9.17, 15) is 0 Å². The molecule has 0 saturated heterocycles. The molecular formula is C16H28N4. The topological polar surface area (TPSA) is 49.8 Å². The highest BCUT2D eigenvalue weighted by Gasteiger charge is 2.21. The molecule has 1 saturated carbocycles. The number of nitrogens with zero attached hydrogens (tertiary/aromatic N) is 2. The Morgan fingerprint density at radius 3 is 2.55 bits per heavy atom. The number of hydrogen-bond acceptors (Lipinski definition) is 4. The van der Waals surface area contributed by atoms with Crippen molar-refractivity contribution in [1.82, 2.24) is 9.97 Å². The molecule has 1 heterocycles. The number of anilines is 2. The van der Waals surface area contributed by atoms with E-state index < -0.39 is 0 Å². The van der Waals surface area contributed by atoms with Crippen LogP contribution in [0.2, 0.25) is 0 Å².